The van der Waals surface area contributed by atoms with Crippen molar-refractivity contribution < 1.29 is 9.59 Å². The topological polar surface area (TPSA) is 84.0 Å². The van der Waals surface area contributed by atoms with E-state index in [1.54, 1.807) is 0 Å². The van der Waals surface area contributed by atoms with E-state index in [1.165, 1.54) is 11.5 Å². The molecule has 6 nitrogen and oxygen atoms in total. The summed E-state index contributed by atoms with van der Waals surface area (Å²) in [7, 11) is 0. The highest BCUT2D eigenvalue weighted by molar-refractivity contribution is 7.09. The van der Waals surface area contributed by atoms with Crippen LogP contribution in [-0.4, -0.2) is 27.2 Å². The summed E-state index contributed by atoms with van der Waals surface area (Å²) in [5, 5.41) is 5.95. The smallest absolute Gasteiger partial charge is 0.249 e. The molecule has 1 aliphatic rings. The van der Waals surface area contributed by atoms with Crippen LogP contribution in [0.25, 0.3) is 0 Å². The fourth-order valence-corrected chi connectivity index (χ4v) is 2.38. The highest BCUT2D eigenvalue weighted by Gasteiger charge is 2.28. The van der Waals surface area contributed by atoms with Crippen LogP contribution in [-0.2, 0) is 15.0 Å². The molecule has 1 aromatic heterocycles. The van der Waals surface area contributed by atoms with E-state index in [4.69, 9.17) is 0 Å². The molecule has 1 aliphatic heterocycles. The third kappa shape index (κ3) is 2.84. The zero-order valence-corrected chi connectivity index (χ0v) is 11.4. The second kappa shape index (κ2) is 4.64. The molecule has 0 radical (unpaired) electrons. The van der Waals surface area contributed by atoms with E-state index in [0.717, 1.165) is 5.82 Å². The monoisotopic (exact) mass is 268 g/mol. The fourth-order valence-electron chi connectivity index (χ4n) is 1.57. The number of carbonyl (C=O) groups excluding carboxylic acids is 2. The largest absolute Gasteiger partial charge is 0.348 e. The molecule has 1 atom stereocenters. The normalized spacial score (nSPS) is 20.7. The lowest BCUT2D eigenvalue weighted by atomic mass is 9.96. The van der Waals surface area contributed by atoms with E-state index in [-0.39, 0.29) is 17.2 Å². The van der Waals surface area contributed by atoms with Gasteiger partial charge in [-0.15, -0.1) is 0 Å². The van der Waals surface area contributed by atoms with Gasteiger partial charge in [0.25, 0.3) is 0 Å². The maximum absolute atomic E-state index is 11.6. The molecule has 0 bridgehead atoms. The Morgan fingerprint density at radius 3 is 2.67 bits per heavy atom. The minimum atomic E-state index is -0.400. The predicted molar refractivity (Wildman–Crippen MR) is 68.4 cm³/mol. The molecule has 1 fully saturated rings. The van der Waals surface area contributed by atoms with Gasteiger partial charge in [0.05, 0.1) is 0 Å². The van der Waals surface area contributed by atoms with E-state index < -0.39 is 6.04 Å². The number of hydrogen-bond acceptors (Lipinski definition) is 6. The highest BCUT2D eigenvalue weighted by Crippen LogP contribution is 2.24. The molecule has 18 heavy (non-hydrogen) atoms. The number of nitrogens with one attached hydrogen (secondary N) is 2. The lowest BCUT2D eigenvalue weighted by Crippen LogP contribution is -2.47. The first kappa shape index (κ1) is 12.9. The molecule has 2 amide bonds. The summed E-state index contributed by atoms with van der Waals surface area (Å²) in [5.41, 5.74) is -0.110. The van der Waals surface area contributed by atoms with E-state index in [0.29, 0.717) is 18.0 Å². The number of amides is 2. The van der Waals surface area contributed by atoms with Crippen molar-refractivity contribution in [2.24, 2.45) is 0 Å². The number of piperidine rings is 1. The number of aromatic nitrogens is 2. The molecule has 7 heteroatoms. The van der Waals surface area contributed by atoms with Crippen molar-refractivity contribution in [3.8, 4) is 0 Å². The van der Waals surface area contributed by atoms with Gasteiger partial charge in [0.15, 0.2) is 0 Å². The first-order valence-corrected chi connectivity index (χ1v) is 6.58. The summed E-state index contributed by atoms with van der Waals surface area (Å²) in [6.07, 6.45) is 0.851. The summed E-state index contributed by atoms with van der Waals surface area (Å²) >= 11 is 1.24. The van der Waals surface area contributed by atoms with Crippen molar-refractivity contribution in [1.29, 1.82) is 0 Å². The van der Waals surface area contributed by atoms with Crippen LogP contribution in [0.3, 0.4) is 0 Å². The number of imide groups is 1. The molecule has 0 spiro atoms. The maximum atomic E-state index is 11.6. The Balaban J connectivity index is 2.04. The Morgan fingerprint density at radius 1 is 1.39 bits per heavy atom. The van der Waals surface area contributed by atoms with Gasteiger partial charge in [-0.05, 0) is 6.42 Å². The van der Waals surface area contributed by atoms with Gasteiger partial charge in [-0.1, -0.05) is 20.8 Å². The second-order valence-electron chi connectivity index (χ2n) is 5.32. The zero-order valence-electron chi connectivity index (χ0n) is 10.6. The highest BCUT2D eigenvalue weighted by atomic mass is 32.1. The van der Waals surface area contributed by atoms with Crippen LogP contribution >= 0.6 is 11.5 Å². The molecule has 1 saturated heterocycles. The Morgan fingerprint density at radius 2 is 2.11 bits per heavy atom. The molecule has 98 valence electrons. The third-order valence-corrected chi connectivity index (χ3v) is 3.28. The molecule has 0 saturated carbocycles. The van der Waals surface area contributed by atoms with Crippen molar-refractivity contribution in [1.82, 2.24) is 14.7 Å². The van der Waals surface area contributed by atoms with Gasteiger partial charge in [0.2, 0.25) is 16.9 Å². The van der Waals surface area contributed by atoms with Crippen LogP contribution in [0.1, 0.15) is 39.4 Å². The Kier molecular flexibility index (Phi) is 3.34. The average molecular weight is 268 g/mol. The lowest BCUT2D eigenvalue weighted by molar-refractivity contribution is -0.133. The summed E-state index contributed by atoms with van der Waals surface area (Å²) in [6, 6.07) is -0.400. The molecule has 1 unspecified atom stereocenters. The Bertz CT molecular complexity index is 478. The number of carbonyl (C=O) groups is 2. The minimum Gasteiger partial charge on any atom is -0.348 e. The number of nitrogens with zero attached hydrogens (tertiary/aromatic N) is 2. The lowest BCUT2D eigenvalue weighted by Gasteiger charge is -2.21. The molecular weight excluding hydrogens is 252 g/mol. The summed E-state index contributed by atoms with van der Waals surface area (Å²) in [4.78, 5) is 27.0. The molecule has 1 aromatic rings. The first-order valence-electron chi connectivity index (χ1n) is 5.80. The van der Waals surface area contributed by atoms with Crippen LogP contribution < -0.4 is 10.6 Å². The summed E-state index contributed by atoms with van der Waals surface area (Å²) in [5.74, 6) is 0.242. The van der Waals surface area contributed by atoms with Gasteiger partial charge < -0.3 is 5.32 Å². The van der Waals surface area contributed by atoms with Gasteiger partial charge in [0, 0.05) is 23.4 Å². The van der Waals surface area contributed by atoms with Crippen molar-refractivity contribution in [3.63, 3.8) is 0 Å². The molecule has 0 aromatic carbocycles. The van der Waals surface area contributed by atoms with Crippen LogP contribution in [0.15, 0.2) is 0 Å². The molecule has 2 heterocycles. The van der Waals surface area contributed by atoms with Crippen LogP contribution in [0, 0.1) is 0 Å². The van der Waals surface area contributed by atoms with E-state index >= 15 is 0 Å². The second-order valence-corrected chi connectivity index (χ2v) is 6.07. The number of rotatable bonds is 2. The SMILES string of the molecule is CC(C)(C)c1nsc(NC2CCC(=O)NC2=O)n1. The first-order chi connectivity index (χ1) is 8.36. The van der Waals surface area contributed by atoms with E-state index in [1.807, 2.05) is 20.8 Å². The predicted octanol–water partition coefficient (Wildman–Crippen LogP) is 1.05. The zero-order chi connectivity index (χ0) is 13.3. The quantitative estimate of drug-likeness (QED) is 0.783. The molecule has 0 aliphatic carbocycles. The van der Waals surface area contributed by atoms with E-state index in [2.05, 4.69) is 20.0 Å². The van der Waals surface area contributed by atoms with Crippen molar-refractivity contribution in [3.05, 3.63) is 5.82 Å². The number of anilines is 1. The van der Waals surface area contributed by atoms with Crippen molar-refractivity contribution in [2.75, 3.05) is 5.32 Å². The van der Waals surface area contributed by atoms with Gasteiger partial charge in [0.1, 0.15) is 11.9 Å². The molecule has 2 N–H and O–H groups in total. The standard InChI is InChI=1S/C11H16N4O2S/c1-11(2,3)9-14-10(18-15-9)12-6-4-5-7(16)13-8(6)17/h6H,4-5H2,1-3H3,(H,12,14,15)(H,13,16,17). The summed E-state index contributed by atoms with van der Waals surface area (Å²) in [6.45, 7) is 6.10. The van der Waals surface area contributed by atoms with Crippen LogP contribution in [0.5, 0.6) is 0 Å². The van der Waals surface area contributed by atoms with Crippen molar-refractivity contribution in [2.45, 2.75) is 45.1 Å². The number of hydrogen-bond donors (Lipinski definition) is 2. The van der Waals surface area contributed by atoms with Crippen molar-refractivity contribution >= 4 is 28.5 Å². The Labute approximate surface area is 109 Å². The molecule has 2 rings (SSSR count). The third-order valence-electron chi connectivity index (χ3n) is 2.63. The average Bonchev–Trinajstić information content (AvgIpc) is 2.70. The van der Waals surface area contributed by atoms with Crippen LogP contribution in [0.4, 0.5) is 5.13 Å². The minimum absolute atomic E-state index is 0.110. The fraction of sp³-hybridized carbons (Fsp3) is 0.636. The van der Waals surface area contributed by atoms with Gasteiger partial charge in [-0.3, -0.25) is 14.9 Å². The molecular formula is C11H16N4O2S. The van der Waals surface area contributed by atoms with Gasteiger partial charge in [-0.25, -0.2) is 4.98 Å². The Hall–Kier alpha value is -1.50. The maximum Gasteiger partial charge on any atom is 0.249 e. The van der Waals surface area contributed by atoms with Gasteiger partial charge >= 0.3 is 0 Å². The summed E-state index contributed by atoms with van der Waals surface area (Å²) < 4.78 is 4.26. The van der Waals surface area contributed by atoms with E-state index in [9.17, 15) is 9.59 Å². The van der Waals surface area contributed by atoms with Gasteiger partial charge in [-0.2, -0.15) is 4.37 Å². The van der Waals surface area contributed by atoms with Crippen LogP contribution in [0.2, 0.25) is 0 Å².